The van der Waals surface area contributed by atoms with Crippen LogP contribution < -0.4 is 10.5 Å². The number of aliphatic hydroxyl groups excluding tert-OH is 1. The summed E-state index contributed by atoms with van der Waals surface area (Å²) < 4.78 is 39.8. The van der Waals surface area contributed by atoms with Crippen molar-refractivity contribution in [1.29, 1.82) is 0 Å². The van der Waals surface area contributed by atoms with Gasteiger partial charge in [-0.1, -0.05) is 24.6 Å². The minimum Gasteiger partial charge on any atom is -0.404 e. The Morgan fingerprint density at radius 3 is 2.50 bits per heavy atom. The molecule has 1 aromatic rings. The Morgan fingerprint density at radius 2 is 2.06 bits per heavy atom. The van der Waals surface area contributed by atoms with E-state index in [0.717, 1.165) is 6.07 Å². The monoisotopic (exact) mass is 283 g/mol. The first-order valence-electron chi connectivity index (χ1n) is 5.23. The van der Waals surface area contributed by atoms with Crippen LogP contribution in [0.3, 0.4) is 0 Å². The summed E-state index contributed by atoms with van der Waals surface area (Å²) in [6.07, 6.45) is -5.15. The van der Waals surface area contributed by atoms with E-state index < -0.39 is 24.3 Å². The van der Waals surface area contributed by atoms with Crippen molar-refractivity contribution in [2.24, 2.45) is 5.73 Å². The Labute approximate surface area is 107 Å². The van der Waals surface area contributed by atoms with Gasteiger partial charge in [0.25, 0.3) is 0 Å². The van der Waals surface area contributed by atoms with Crippen molar-refractivity contribution in [2.75, 3.05) is 0 Å². The van der Waals surface area contributed by atoms with E-state index in [4.69, 9.17) is 17.3 Å². The third-order valence-electron chi connectivity index (χ3n) is 2.40. The van der Waals surface area contributed by atoms with Gasteiger partial charge >= 0.3 is 6.36 Å². The summed E-state index contributed by atoms with van der Waals surface area (Å²) in [6.45, 7) is 1.74. The normalized spacial score (nSPS) is 15.3. The molecule has 0 spiro atoms. The van der Waals surface area contributed by atoms with Crippen LogP contribution in [0.4, 0.5) is 13.2 Å². The lowest BCUT2D eigenvalue weighted by atomic mass is 10.0. The van der Waals surface area contributed by atoms with Crippen molar-refractivity contribution >= 4 is 11.6 Å². The van der Waals surface area contributed by atoms with Crippen molar-refractivity contribution in [1.82, 2.24) is 0 Å². The molecule has 7 heteroatoms. The van der Waals surface area contributed by atoms with E-state index in [1.165, 1.54) is 12.1 Å². The molecule has 0 aliphatic heterocycles. The summed E-state index contributed by atoms with van der Waals surface area (Å²) in [5, 5.41) is 9.34. The molecule has 102 valence electrons. The van der Waals surface area contributed by atoms with Crippen LogP contribution in [-0.4, -0.2) is 17.6 Å². The zero-order valence-electron chi connectivity index (χ0n) is 9.54. The molecule has 0 aliphatic rings. The second-order valence-corrected chi connectivity index (χ2v) is 4.15. The second-order valence-electron chi connectivity index (χ2n) is 3.74. The first-order valence-corrected chi connectivity index (χ1v) is 5.61. The van der Waals surface area contributed by atoms with Gasteiger partial charge in [-0.3, -0.25) is 0 Å². The molecule has 2 atom stereocenters. The van der Waals surface area contributed by atoms with Crippen LogP contribution in [0.25, 0.3) is 0 Å². The maximum absolute atomic E-state index is 12.0. The molecule has 0 aliphatic carbocycles. The van der Waals surface area contributed by atoms with E-state index in [1.807, 2.05) is 0 Å². The largest absolute Gasteiger partial charge is 0.573 e. The van der Waals surface area contributed by atoms with E-state index in [0.29, 0.717) is 12.0 Å². The molecule has 0 heterocycles. The number of hydrogen-bond acceptors (Lipinski definition) is 3. The number of alkyl halides is 3. The molecule has 0 saturated carbocycles. The second kappa shape index (κ2) is 5.77. The van der Waals surface area contributed by atoms with Crippen molar-refractivity contribution in [3.05, 3.63) is 28.8 Å². The molecule has 1 rings (SSSR count). The average Bonchev–Trinajstić information content (AvgIpc) is 2.28. The van der Waals surface area contributed by atoms with Gasteiger partial charge in [-0.25, -0.2) is 0 Å². The van der Waals surface area contributed by atoms with E-state index in [1.54, 1.807) is 6.92 Å². The van der Waals surface area contributed by atoms with Crippen LogP contribution >= 0.6 is 11.6 Å². The minimum absolute atomic E-state index is 0.205. The lowest BCUT2D eigenvalue weighted by Gasteiger charge is -2.18. The first-order chi connectivity index (χ1) is 8.24. The average molecular weight is 284 g/mol. The number of rotatable bonds is 4. The van der Waals surface area contributed by atoms with Crippen LogP contribution in [0.15, 0.2) is 18.2 Å². The standard InChI is InChI=1S/C11H13ClF3NO2/c1-2-8(17)10(16)6-3-4-9(7(12)5-6)18-11(13,14)15/h3-5,8,10,17H,2,16H2,1H3/t8-,10+/m1/s1. The van der Waals surface area contributed by atoms with Gasteiger partial charge < -0.3 is 15.6 Å². The molecule has 0 radical (unpaired) electrons. The molecule has 0 bridgehead atoms. The molecular formula is C11H13ClF3NO2. The highest BCUT2D eigenvalue weighted by molar-refractivity contribution is 6.32. The van der Waals surface area contributed by atoms with Crippen molar-refractivity contribution in [3.8, 4) is 5.75 Å². The van der Waals surface area contributed by atoms with Gasteiger partial charge in [-0.2, -0.15) is 0 Å². The van der Waals surface area contributed by atoms with Gasteiger partial charge in [0.05, 0.1) is 17.2 Å². The van der Waals surface area contributed by atoms with Gasteiger partial charge in [-0.15, -0.1) is 13.2 Å². The molecule has 0 fully saturated rings. The summed E-state index contributed by atoms with van der Waals surface area (Å²) in [5.41, 5.74) is 6.17. The highest BCUT2D eigenvalue weighted by atomic mass is 35.5. The van der Waals surface area contributed by atoms with Crippen LogP contribution in [0.2, 0.25) is 5.02 Å². The molecule has 0 aromatic heterocycles. The molecule has 3 nitrogen and oxygen atoms in total. The van der Waals surface area contributed by atoms with E-state index in [2.05, 4.69) is 4.74 Å². The molecule has 18 heavy (non-hydrogen) atoms. The van der Waals surface area contributed by atoms with E-state index in [9.17, 15) is 18.3 Å². The number of hydrogen-bond donors (Lipinski definition) is 2. The highest BCUT2D eigenvalue weighted by Gasteiger charge is 2.32. The number of halogens is 4. The van der Waals surface area contributed by atoms with Crippen LogP contribution in [0, 0.1) is 0 Å². The Bertz CT molecular complexity index is 412. The Balaban J connectivity index is 2.92. The number of benzene rings is 1. The minimum atomic E-state index is -4.80. The fourth-order valence-corrected chi connectivity index (χ4v) is 1.64. The lowest BCUT2D eigenvalue weighted by molar-refractivity contribution is -0.274. The van der Waals surface area contributed by atoms with Gasteiger partial charge in [0.1, 0.15) is 5.75 Å². The zero-order chi connectivity index (χ0) is 13.9. The van der Waals surface area contributed by atoms with Gasteiger partial charge in [0.15, 0.2) is 0 Å². The predicted molar refractivity (Wildman–Crippen MR) is 61.4 cm³/mol. The fourth-order valence-electron chi connectivity index (χ4n) is 1.41. The summed E-state index contributed by atoms with van der Waals surface area (Å²) in [6, 6.07) is 2.98. The maximum atomic E-state index is 12.0. The quantitative estimate of drug-likeness (QED) is 0.893. The van der Waals surface area contributed by atoms with E-state index >= 15 is 0 Å². The smallest absolute Gasteiger partial charge is 0.404 e. The predicted octanol–water partition coefficient (Wildman–Crippen LogP) is 3.01. The van der Waals surface area contributed by atoms with Crippen LogP contribution in [0.5, 0.6) is 5.75 Å². The Morgan fingerprint density at radius 1 is 1.44 bits per heavy atom. The molecule has 0 saturated heterocycles. The van der Waals surface area contributed by atoms with Crippen LogP contribution in [0.1, 0.15) is 24.9 Å². The molecular weight excluding hydrogens is 271 g/mol. The van der Waals surface area contributed by atoms with Crippen molar-refractivity contribution in [3.63, 3.8) is 0 Å². The zero-order valence-corrected chi connectivity index (χ0v) is 10.3. The molecule has 0 amide bonds. The number of nitrogens with two attached hydrogens (primary N) is 1. The van der Waals surface area contributed by atoms with Crippen molar-refractivity contribution in [2.45, 2.75) is 31.9 Å². The fraction of sp³-hybridized carbons (Fsp3) is 0.455. The SMILES string of the molecule is CC[C@@H](O)[C@@H](N)c1ccc(OC(F)(F)F)c(Cl)c1. The Kier molecular flexibility index (Phi) is 4.84. The summed E-state index contributed by atoms with van der Waals surface area (Å²) >= 11 is 5.67. The van der Waals surface area contributed by atoms with Gasteiger partial charge in [0.2, 0.25) is 0 Å². The molecule has 3 N–H and O–H groups in total. The first kappa shape index (κ1) is 15.1. The van der Waals surface area contributed by atoms with Crippen molar-refractivity contribution < 1.29 is 23.0 Å². The Hall–Kier alpha value is -0.980. The maximum Gasteiger partial charge on any atom is 0.573 e. The lowest BCUT2D eigenvalue weighted by Crippen LogP contribution is -2.25. The summed E-state index contributed by atoms with van der Waals surface area (Å²) in [5.74, 6) is -0.494. The topological polar surface area (TPSA) is 55.5 Å². The summed E-state index contributed by atoms with van der Waals surface area (Å²) in [4.78, 5) is 0. The highest BCUT2D eigenvalue weighted by Crippen LogP contribution is 2.32. The van der Waals surface area contributed by atoms with Gasteiger partial charge in [-0.05, 0) is 24.1 Å². The third kappa shape index (κ3) is 4.04. The van der Waals surface area contributed by atoms with Gasteiger partial charge in [0, 0.05) is 0 Å². The van der Waals surface area contributed by atoms with E-state index in [-0.39, 0.29) is 5.02 Å². The molecule has 0 unspecified atom stereocenters. The third-order valence-corrected chi connectivity index (χ3v) is 2.69. The number of ether oxygens (including phenoxy) is 1. The number of aliphatic hydroxyl groups is 1. The molecule has 1 aromatic carbocycles. The van der Waals surface area contributed by atoms with Crippen LogP contribution in [-0.2, 0) is 0 Å². The summed E-state index contributed by atoms with van der Waals surface area (Å²) in [7, 11) is 0.